The standard InChI is InChI=1S/C19H21FN4O/c1-10-11(2)23-19(21)16-9-24(8-15(10)16)18(25)6-13-5-14(13)12-3-4-17(20)22-7-12/h3-4,7,13-14H,5-6,8-9H2,1-2H3,(H2,21,23)/t13-,14-/m0/s1. The van der Waals surface area contributed by atoms with Crippen molar-refractivity contribution in [3.05, 3.63) is 52.2 Å². The Balaban J connectivity index is 1.41. The predicted molar refractivity (Wildman–Crippen MR) is 92.0 cm³/mol. The zero-order valence-corrected chi connectivity index (χ0v) is 14.4. The second kappa shape index (κ2) is 5.79. The Kier molecular flexibility index (Phi) is 3.71. The largest absolute Gasteiger partial charge is 0.383 e. The van der Waals surface area contributed by atoms with Crippen molar-refractivity contribution < 1.29 is 9.18 Å². The lowest BCUT2D eigenvalue weighted by Gasteiger charge is -2.15. The number of nitrogen functional groups attached to an aromatic ring is 1. The Morgan fingerprint density at radius 1 is 1.32 bits per heavy atom. The normalized spacial score (nSPS) is 21.3. The second-order valence-corrected chi connectivity index (χ2v) is 7.14. The van der Waals surface area contributed by atoms with Crippen molar-refractivity contribution in [1.29, 1.82) is 0 Å². The zero-order chi connectivity index (χ0) is 17.7. The van der Waals surface area contributed by atoms with Crippen LogP contribution < -0.4 is 5.73 Å². The molecule has 0 unspecified atom stereocenters. The number of rotatable bonds is 3. The molecule has 0 spiro atoms. The molecule has 6 heteroatoms. The molecule has 2 atom stereocenters. The monoisotopic (exact) mass is 340 g/mol. The third-order valence-electron chi connectivity index (χ3n) is 5.55. The van der Waals surface area contributed by atoms with Gasteiger partial charge in [0.05, 0.1) is 0 Å². The molecular weight excluding hydrogens is 319 g/mol. The minimum absolute atomic E-state index is 0.148. The van der Waals surface area contributed by atoms with E-state index >= 15 is 0 Å². The number of carbonyl (C=O) groups is 1. The Bertz CT molecular complexity index is 849. The molecule has 2 N–H and O–H groups in total. The third-order valence-corrected chi connectivity index (χ3v) is 5.55. The fourth-order valence-electron chi connectivity index (χ4n) is 3.78. The van der Waals surface area contributed by atoms with Crippen molar-refractivity contribution in [3.63, 3.8) is 0 Å². The highest BCUT2D eigenvalue weighted by Crippen LogP contribution is 2.49. The number of hydrogen-bond acceptors (Lipinski definition) is 4. The summed E-state index contributed by atoms with van der Waals surface area (Å²) < 4.78 is 12.9. The topological polar surface area (TPSA) is 72.1 Å². The second-order valence-electron chi connectivity index (χ2n) is 7.14. The molecule has 2 aromatic rings. The highest BCUT2D eigenvalue weighted by atomic mass is 19.1. The Labute approximate surface area is 146 Å². The van der Waals surface area contributed by atoms with Crippen LogP contribution >= 0.6 is 0 Å². The first-order chi connectivity index (χ1) is 11.9. The summed E-state index contributed by atoms with van der Waals surface area (Å²) in [4.78, 5) is 22.6. The van der Waals surface area contributed by atoms with E-state index in [1.165, 1.54) is 6.07 Å². The van der Waals surface area contributed by atoms with Gasteiger partial charge in [-0.3, -0.25) is 4.79 Å². The van der Waals surface area contributed by atoms with Crippen molar-refractivity contribution in [3.8, 4) is 0 Å². The van der Waals surface area contributed by atoms with E-state index in [0.29, 0.717) is 37.2 Å². The van der Waals surface area contributed by atoms with Crippen LogP contribution in [-0.4, -0.2) is 20.8 Å². The van der Waals surface area contributed by atoms with E-state index in [2.05, 4.69) is 9.97 Å². The van der Waals surface area contributed by atoms with Gasteiger partial charge in [-0.1, -0.05) is 6.07 Å². The Morgan fingerprint density at radius 3 is 2.80 bits per heavy atom. The molecule has 0 bridgehead atoms. The minimum Gasteiger partial charge on any atom is -0.383 e. The first-order valence-electron chi connectivity index (χ1n) is 8.57. The number of nitrogens with two attached hydrogens (primary N) is 1. The lowest BCUT2D eigenvalue weighted by atomic mass is 10.0. The van der Waals surface area contributed by atoms with Crippen molar-refractivity contribution in [1.82, 2.24) is 14.9 Å². The lowest BCUT2D eigenvalue weighted by molar-refractivity contribution is -0.132. The van der Waals surface area contributed by atoms with Gasteiger partial charge in [0.1, 0.15) is 5.82 Å². The smallest absolute Gasteiger partial charge is 0.223 e. The van der Waals surface area contributed by atoms with Gasteiger partial charge in [-0.2, -0.15) is 4.39 Å². The molecule has 2 aromatic heterocycles. The van der Waals surface area contributed by atoms with E-state index in [-0.39, 0.29) is 5.91 Å². The van der Waals surface area contributed by atoms with Gasteiger partial charge < -0.3 is 10.6 Å². The summed E-state index contributed by atoms with van der Waals surface area (Å²) in [5, 5.41) is 0. The fourth-order valence-corrected chi connectivity index (χ4v) is 3.78. The highest BCUT2D eigenvalue weighted by Gasteiger charge is 2.41. The summed E-state index contributed by atoms with van der Waals surface area (Å²) in [6, 6.07) is 3.15. The van der Waals surface area contributed by atoms with E-state index in [4.69, 9.17) is 5.73 Å². The van der Waals surface area contributed by atoms with E-state index in [9.17, 15) is 9.18 Å². The van der Waals surface area contributed by atoms with Crippen LogP contribution in [0.2, 0.25) is 0 Å². The molecule has 1 saturated carbocycles. The summed E-state index contributed by atoms with van der Waals surface area (Å²) >= 11 is 0. The van der Waals surface area contributed by atoms with Gasteiger partial charge in [0, 0.05) is 37.0 Å². The maximum absolute atomic E-state index is 12.9. The predicted octanol–water partition coefficient (Wildman–Crippen LogP) is 2.85. The van der Waals surface area contributed by atoms with Crippen molar-refractivity contribution in [2.24, 2.45) is 5.92 Å². The molecular formula is C19H21FN4O. The van der Waals surface area contributed by atoms with Crippen molar-refractivity contribution in [2.75, 3.05) is 5.73 Å². The zero-order valence-electron chi connectivity index (χ0n) is 14.4. The molecule has 2 aliphatic rings. The maximum Gasteiger partial charge on any atom is 0.223 e. The molecule has 1 fully saturated rings. The number of amides is 1. The van der Waals surface area contributed by atoms with Crippen LogP contribution in [0.4, 0.5) is 10.2 Å². The van der Waals surface area contributed by atoms with Crippen LogP contribution in [0.5, 0.6) is 0 Å². The van der Waals surface area contributed by atoms with Gasteiger partial charge in [0.2, 0.25) is 11.9 Å². The van der Waals surface area contributed by atoms with E-state index in [1.807, 2.05) is 18.7 Å². The molecule has 1 amide bonds. The van der Waals surface area contributed by atoms with Gasteiger partial charge in [0.15, 0.2) is 0 Å². The van der Waals surface area contributed by atoms with Gasteiger partial charge in [0.25, 0.3) is 0 Å². The average Bonchev–Trinajstić information content (AvgIpc) is 3.18. The highest BCUT2D eigenvalue weighted by molar-refractivity contribution is 5.78. The number of halogens is 1. The summed E-state index contributed by atoms with van der Waals surface area (Å²) in [6.07, 6.45) is 3.05. The quantitative estimate of drug-likeness (QED) is 0.872. The molecule has 0 aromatic carbocycles. The van der Waals surface area contributed by atoms with Crippen LogP contribution in [-0.2, 0) is 17.9 Å². The van der Waals surface area contributed by atoms with Crippen LogP contribution in [0.25, 0.3) is 0 Å². The van der Waals surface area contributed by atoms with Crippen LogP contribution in [0.1, 0.15) is 46.7 Å². The molecule has 3 heterocycles. The maximum atomic E-state index is 12.9. The molecule has 130 valence electrons. The summed E-state index contributed by atoms with van der Waals surface area (Å²) in [5.74, 6) is 0.855. The third kappa shape index (κ3) is 2.86. The van der Waals surface area contributed by atoms with Gasteiger partial charge in [-0.15, -0.1) is 0 Å². The van der Waals surface area contributed by atoms with Crippen LogP contribution in [0.15, 0.2) is 18.3 Å². The first-order valence-corrected chi connectivity index (χ1v) is 8.57. The van der Waals surface area contributed by atoms with Gasteiger partial charge in [-0.05, 0) is 54.9 Å². The van der Waals surface area contributed by atoms with Crippen LogP contribution in [0, 0.1) is 25.7 Å². The summed E-state index contributed by atoms with van der Waals surface area (Å²) in [7, 11) is 0. The first kappa shape index (κ1) is 16.0. The molecule has 0 radical (unpaired) electrons. The minimum atomic E-state index is -0.469. The van der Waals surface area contributed by atoms with Gasteiger partial charge in [-0.25, -0.2) is 9.97 Å². The Hall–Kier alpha value is -2.50. The molecule has 1 aliphatic heterocycles. The Morgan fingerprint density at radius 2 is 2.08 bits per heavy atom. The number of carbonyl (C=O) groups excluding carboxylic acids is 1. The van der Waals surface area contributed by atoms with Crippen molar-refractivity contribution >= 4 is 11.7 Å². The number of aromatic nitrogens is 2. The van der Waals surface area contributed by atoms with Crippen LogP contribution in [0.3, 0.4) is 0 Å². The average molecular weight is 340 g/mol. The lowest BCUT2D eigenvalue weighted by Crippen LogP contribution is -2.25. The van der Waals surface area contributed by atoms with E-state index in [1.54, 1.807) is 12.3 Å². The number of anilines is 1. The molecule has 5 nitrogen and oxygen atoms in total. The number of fused-ring (bicyclic) bond motifs is 1. The molecule has 4 rings (SSSR count). The molecule has 0 saturated heterocycles. The fraction of sp³-hybridized carbons (Fsp3) is 0.421. The molecule has 1 aliphatic carbocycles. The van der Waals surface area contributed by atoms with Gasteiger partial charge >= 0.3 is 0 Å². The van der Waals surface area contributed by atoms with E-state index < -0.39 is 5.95 Å². The summed E-state index contributed by atoms with van der Waals surface area (Å²) in [6.45, 7) is 5.14. The number of nitrogens with zero attached hydrogens (tertiary/aromatic N) is 3. The van der Waals surface area contributed by atoms with E-state index in [0.717, 1.165) is 34.4 Å². The summed E-state index contributed by atoms with van der Waals surface area (Å²) in [5.41, 5.74) is 11.3. The van der Waals surface area contributed by atoms with Crippen molar-refractivity contribution in [2.45, 2.75) is 45.7 Å². The molecule has 25 heavy (non-hydrogen) atoms. The number of pyridine rings is 2. The SMILES string of the molecule is Cc1nc(N)c2c(c1C)CN(C(=O)C[C@@H]1C[C@H]1c1ccc(F)nc1)C2. The number of hydrogen-bond donors (Lipinski definition) is 1. The number of aryl methyl sites for hydroxylation is 1.